The molecule has 1 N–H and O–H groups in total. The van der Waals surface area contributed by atoms with Gasteiger partial charge in [-0.3, -0.25) is 0 Å². The molecule has 80 valence electrons. The van der Waals surface area contributed by atoms with Gasteiger partial charge in [-0.1, -0.05) is 6.92 Å². The van der Waals surface area contributed by atoms with Gasteiger partial charge in [0.15, 0.2) is 6.39 Å². The van der Waals surface area contributed by atoms with Crippen LogP contribution in [0.4, 0.5) is 0 Å². The van der Waals surface area contributed by atoms with Crippen molar-refractivity contribution < 1.29 is 4.42 Å². The average molecular weight is 222 g/mol. The van der Waals surface area contributed by atoms with E-state index in [0.717, 1.165) is 25.3 Å². The van der Waals surface area contributed by atoms with Gasteiger partial charge < -0.3 is 9.73 Å². The van der Waals surface area contributed by atoms with E-state index in [0.29, 0.717) is 0 Å². The second-order valence-electron chi connectivity index (χ2n) is 3.29. The number of aryl methyl sites for hydroxylation is 1. The summed E-state index contributed by atoms with van der Waals surface area (Å²) in [6, 6.07) is 4.37. The number of hydrogen-bond donors (Lipinski definition) is 1. The molecule has 0 saturated carbocycles. The third-order valence-electron chi connectivity index (χ3n) is 2.15. The van der Waals surface area contributed by atoms with Gasteiger partial charge in [-0.2, -0.15) is 0 Å². The van der Waals surface area contributed by atoms with Crippen molar-refractivity contribution in [2.24, 2.45) is 0 Å². The lowest BCUT2D eigenvalue weighted by Crippen LogP contribution is -2.10. The third kappa shape index (κ3) is 2.91. The summed E-state index contributed by atoms with van der Waals surface area (Å²) in [5.74, 6) is 0.877. The van der Waals surface area contributed by atoms with Crippen molar-refractivity contribution in [2.45, 2.75) is 26.4 Å². The Morgan fingerprint density at radius 3 is 2.87 bits per heavy atom. The fourth-order valence-electron chi connectivity index (χ4n) is 1.35. The van der Waals surface area contributed by atoms with E-state index in [2.05, 4.69) is 29.4 Å². The topological polar surface area (TPSA) is 38.1 Å². The van der Waals surface area contributed by atoms with Crippen LogP contribution >= 0.6 is 11.3 Å². The van der Waals surface area contributed by atoms with Crippen LogP contribution in [0.15, 0.2) is 29.1 Å². The Morgan fingerprint density at radius 1 is 1.33 bits per heavy atom. The van der Waals surface area contributed by atoms with Crippen LogP contribution in [-0.2, 0) is 19.5 Å². The Bertz CT molecular complexity index is 394. The number of aromatic nitrogens is 1. The summed E-state index contributed by atoms with van der Waals surface area (Å²) in [4.78, 5) is 6.66. The van der Waals surface area contributed by atoms with Crippen molar-refractivity contribution in [3.05, 3.63) is 40.2 Å². The first-order valence-corrected chi connectivity index (χ1v) is 5.86. The van der Waals surface area contributed by atoms with E-state index in [4.69, 9.17) is 4.42 Å². The lowest BCUT2D eigenvalue weighted by molar-refractivity contribution is 0.479. The summed E-state index contributed by atoms with van der Waals surface area (Å²) in [5.41, 5.74) is 0. The molecule has 4 heteroatoms. The molecule has 2 heterocycles. The van der Waals surface area contributed by atoms with Gasteiger partial charge in [-0.15, -0.1) is 11.3 Å². The van der Waals surface area contributed by atoms with Crippen molar-refractivity contribution in [1.29, 1.82) is 0 Å². The van der Waals surface area contributed by atoms with Crippen LogP contribution in [0.2, 0.25) is 0 Å². The van der Waals surface area contributed by atoms with Crippen molar-refractivity contribution in [2.75, 3.05) is 0 Å². The predicted octanol–water partition coefficient (Wildman–Crippen LogP) is 2.59. The molecule has 0 fully saturated rings. The minimum absolute atomic E-state index is 0.735. The van der Waals surface area contributed by atoms with Crippen LogP contribution in [0.1, 0.15) is 22.4 Å². The highest BCUT2D eigenvalue weighted by Crippen LogP contribution is 2.16. The Morgan fingerprint density at radius 2 is 2.20 bits per heavy atom. The summed E-state index contributed by atoms with van der Waals surface area (Å²) in [5, 5.41) is 3.32. The zero-order valence-corrected chi connectivity index (χ0v) is 9.51. The van der Waals surface area contributed by atoms with Gasteiger partial charge in [0.25, 0.3) is 0 Å². The molecule has 0 bridgehead atoms. The summed E-state index contributed by atoms with van der Waals surface area (Å²) >= 11 is 1.86. The molecular weight excluding hydrogens is 208 g/mol. The van der Waals surface area contributed by atoms with Crippen LogP contribution < -0.4 is 5.32 Å². The number of rotatable bonds is 5. The molecule has 0 unspecified atom stereocenters. The first kappa shape index (κ1) is 10.4. The second kappa shape index (κ2) is 5.09. The SMILES string of the molecule is CCc1ccc(CNCc2cnco2)s1. The summed E-state index contributed by atoms with van der Waals surface area (Å²) in [6.45, 7) is 3.81. The van der Waals surface area contributed by atoms with Gasteiger partial charge in [-0.05, 0) is 18.6 Å². The third-order valence-corrected chi connectivity index (χ3v) is 3.38. The van der Waals surface area contributed by atoms with E-state index < -0.39 is 0 Å². The maximum Gasteiger partial charge on any atom is 0.180 e. The number of hydrogen-bond acceptors (Lipinski definition) is 4. The van der Waals surface area contributed by atoms with Crippen LogP contribution in [0.3, 0.4) is 0 Å². The lowest BCUT2D eigenvalue weighted by Gasteiger charge is -1.98. The zero-order chi connectivity index (χ0) is 10.5. The standard InChI is InChI=1S/C11H14N2OS/c1-2-10-3-4-11(15-10)7-12-5-9-6-13-8-14-9/h3-4,6,8,12H,2,5,7H2,1H3. The Kier molecular flexibility index (Phi) is 3.53. The second-order valence-corrected chi connectivity index (χ2v) is 4.55. The smallest absolute Gasteiger partial charge is 0.180 e. The van der Waals surface area contributed by atoms with Gasteiger partial charge in [0.2, 0.25) is 0 Å². The Balaban J connectivity index is 1.78. The predicted molar refractivity (Wildman–Crippen MR) is 60.7 cm³/mol. The van der Waals surface area contributed by atoms with Crippen LogP contribution in [-0.4, -0.2) is 4.98 Å². The van der Waals surface area contributed by atoms with Gasteiger partial charge in [-0.25, -0.2) is 4.98 Å². The molecule has 2 aromatic rings. The molecule has 0 amide bonds. The molecule has 0 aliphatic rings. The van der Waals surface area contributed by atoms with E-state index in [1.807, 2.05) is 11.3 Å². The summed E-state index contributed by atoms with van der Waals surface area (Å²) < 4.78 is 5.13. The molecule has 0 aromatic carbocycles. The highest BCUT2D eigenvalue weighted by molar-refractivity contribution is 7.11. The molecule has 0 atom stereocenters. The fourth-order valence-corrected chi connectivity index (χ4v) is 2.27. The largest absolute Gasteiger partial charge is 0.447 e. The van der Waals surface area contributed by atoms with E-state index in [9.17, 15) is 0 Å². The van der Waals surface area contributed by atoms with Crippen LogP contribution in [0, 0.1) is 0 Å². The summed E-state index contributed by atoms with van der Waals surface area (Å²) in [6.07, 6.45) is 4.31. The van der Waals surface area contributed by atoms with E-state index >= 15 is 0 Å². The number of oxazole rings is 1. The average Bonchev–Trinajstić information content (AvgIpc) is 2.88. The van der Waals surface area contributed by atoms with Gasteiger partial charge in [0.05, 0.1) is 12.7 Å². The molecule has 2 rings (SSSR count). The number of nitrogens with one attached hydrogen (secondary N) is 1. The van der Waals surface area contributed by atoms with Crippen molar-refractivity contribution in [3.63, 3.8) is 0 Å². The molecule has 0 spiro atoms. The monoisotopic (exact) mass is 222 g/mol. The molecule has 0 aliphatic heterocycles. The number of thiophene rings is 1. The highest BCUT2D eigenvalue weighted by atomic mass is 32.1. The molecule has 2 aromatic heterocycles. The number of nitrogens with zero attached hydrogens (tertiary/aromatic N) is 1. The lowest BCUT2D eigenvalue weighted by atomic mass is 10.3. The molecule has 0 aliphatic carbocycles. The van der Waals surface area contributed by atoms with Gasteiger partial charge in [0, 0.05) is 16.3 Å². The van der Waals surface area contributed by atoms with Crippen LogP contribution in [0.25, 0.3) is 0 Å². The minimum Gasteiger partial charge on any atom is -0.447 e. The first-order chi connectivity index (χ1) is 7.38. The van der Waals surface area contributed by atoms with Gasteiger partial charge in [0.1, 0.15) is 5.76 Å². The maximum absolute atomic E-state index is 5.13. The first-order valence-electron chi connectivity index (χ1n) is 5.04. The minimum atomic E-state index is 0.735. The Hall–Kier alpha value is -1.13. The van der Waals surface area contributed by atoms with Crippen LogP contribution in [0.5, 0.6) is 0 Å². The molecule has 0 radical (unpaired) electrons. The van der Waals surface area contributed by atoms with Crippen molar-refractivity contribution >= 4 is 11.3 Å². The fraction of sp³-hybridized carbons (Fsp3) is 0.364. The summed E-state index contributed by atoms with van der Waals surface area (Å²) in [7, 11) is 0. The van der Waals surface area contributed by atoms with E-state index in [-0.39, 0.29) is 0 Å². The molecular formula is C11H14N2OS. The van der Waals surface area contributed by atoms with E-state index in [1.165, 1.54) is 16.1 Å². The van der Waals surface area contributed by atoms with E-state index in [1.54, 1.807) is 6.20 Å². The highest BCUT2D eigenvalue weighted by Gasteiger charge is 1.99. The quantitative estimate of drug-likeness (QED) is 0.845. The molecule has 3 nitrogen and oxygen atoms in total. The Labute approximate surface area is 93.2 Å². The van der Waals surface area contributed by atoms with Crippen molar-refractivity contribution in [3.8, 4) is 0 Å². The molecule has 0 saturated heterocycles. The van der Waals surface area contributed by atoms with Crippen molar-refractivity contribution in [1.82, 2.24) is 10.3 Å². The molecule has 15 heavy (non-hydrogen) atoms. The zero-order valence-electron chi connectivity index (χ0n) is 8.69. The maximum atomic E-state index is 5.13. The van der Waals surface area contributed by atoms with Gasteiger partial charge >= 0.3 is 0 Å². The normalized spacial score (nSPS) is 10.7.